The molecule has 0 saturated carbocycles. The van der Waals surface area contributed by atoms with E-state index in [-0.39, 0.29) is 7.02 Å². The van der Waals surface area contributed by atoms with E-state index in [1.807, 2.05) is 0 Å². The molecule has 0 N–H and O–H groups in total. The summed E-state index contributed by atoms with van der Waals surface area (Å²) in [5.74, 6) is -0.428. The minimum atomic E-state index is -0.428. The second kappa shape index (κ2) is 3.18. The number of aromatic nitrogens is 2. The molecule has 0 aliphatic carbocycles. The summed E-state index contributed by atoms with van der Waals surface area (Å²) in [5.41, 5.74) is 0.326. The molecule has 4 heteroatoms. The van der Waals surface area contributed by atoms with Gasteiger partial charge in [-0.2, -0.15) is 0 Å². The van der Waals surface area contributed by atoms with Crippen LogP contribution in [0.4, 0.5) is 0 Å². The van der Waals surface area contributed by atoms with Crippen molar-refractivity contribution in [1.29, 1.82) is 0 Å². The molecule has 11 heavy (non-hydrogen) atoms. The molecule has 0 aromatic carbocycles. The Morgan fingerprint density at radius 1 is 2.00 bits per heavy atom. The number of imidazole rings is 1. The van der Waals surface area contributed by atoms with Gasteiger partial charge in [0.1, 0.15) is 5.69 Å². The highest BCUT2D eigenvalue weighted by Gasteiger charge is 2.08. The van der Waals surface area contributed by atoms with Gasteiger partial charge < -0.3 is 9.30 Å². The molecule has 1 heterocycles. The Hall–Kier alpha value is -1.32. The highest BCUT2D eigenvalue weighted by molar-refractivity contribution is 5.87. The molecule has 1 aromatic rings. The number of carbonyl (C=O) groups is 1. The number of hydrogen-bond donors (Lipinski definition) is 0. The number of aryl methyl sites for hydroxylation is 1. The molecule has 1 rings (SSSR count). The first kappa shape index (κ1) is 6.39. The number of carbonyl (C=O) groups excluding carboxylic acids is 1. The molecule has 0 fully saturated rings. The van der Waals surface area contributed by atoms with Gasteiger partial charge in [0.25, 0.3) is 0 Å². The average Bonchev–Trinajstić information content (AvgIpc) is 2.51. The van der Waals surface area contributed by atoms with Gasteiger partial charge in [-0.25, -0.2) is 9.78 Å². The van der Waals surface area contributed by atoms with Crippen molar-refractivity contribution < 1.29 is 10.9 Å². The molecular formula is C7H10N2O2. The zero-order valence-corrected chi connectivity index (χ0v) is 6.28. The van der Waals surface area contributed by atoms with Crippen LogP contribution in [-0.2, 0) is 11.8 Å². The Balaban J connectivity index is 2.79. The lowest BCUT2D eigenvalue weighted by Crippen LogP contribution is -2.08. The minimum absolute atomic E-state index is 0.0197. The zero-order chi connectivity index (χ0) is 8.97. The van der Waals surface area contributed by atoms with Crippen LogP contribution in [0, 0.1) is 0 Å². The standard InChI is InChI=1S/C7H10N2O2/c1-3-11-7(10)6-4-8-5-9(6)2/h4-5H,3H2,1-2H3/i2D. The van der Waals surface area contributed by atoms with Crippen LogP contribution in [0.5, 0.6) is 0 Å². The molecule has 0 bridgehead atoms. The molecule has 0 amide bonds. The van der Waals surface area contributed by atoms with Crippen LogP contribution >= 0.6 is 0 Å². The fraction of sp³-hybridized carbons (Fsp3) is 0.429. The van der Waals surface area contributed by atoms with Gasteiger partial charge in [0.2, 0.25) is 0 Å². The first-order valence-corrected chi connectivity index (χ1v) is 3.26. The van der Waals surface area contributed by atoms with E-state index in [1.54, 1.807) is 6.92 Å². The summed E-state index contributed by atoms with van der Waals surface area (Å²) >= 11 is 0. The van der Waals surface area contributed by atoms with Crippen molar-refractivity contribution in [2.45, 2.75) is 6.92 Å². The van der Waals surface area contributed by atoms with E-state index in [1.165, 1.54) is 17.1 Å². The molecule has 0 aliphatic heterocycles. The van der Waals surface area contributed by atoms with Crippen LogP contribution in [0.25, 0.3) is 0 Å². The molecule has 4 nitrogen and oxygen atoms in total. The number of rotatable bonds is 2. The quantitative estimate of drug-likeness (QED) is 0.587. The van der Waals surface area contributed by atoms with E-state index in [2.05, 4.69) is 4.98 Å². The predicted octanol–water partition coefficient (Wildman–Crippen LogP) is 0.597. The van der Waals surface area contributed by atoms with Crippen molar-refractivity contribution in [3.8, 4) is 0 Å². The Bertz CT molecular complexity index is 272. The van der Waals surface area contributed by atoms with Crippen LogP contribution in [0.15, 0.2) is 12.5 Å². The van der Waals surface area contributed by atoms with Gasteiger partial charge in [0.05, 0.1) is 19.1 Å². The number of nitrogens with zero attached hydrogens (tertiary/aromatic N) is 2. The van der Waals surface area contributed by atoms with Crippen molar-refractivity contribution >= 4 is 5.97 Å². The maximum atomic E-state index is 11.1. The maximum Gasteiger partial charge on any atom is 0.356 e. The SMILES string of the molecule is [2H]Cn1cncc1C(=O)OCC. The van der Waals surface area contributed by atoms with Crippen molar-refractivity contribution in [3.63, 3.8) is 0 Å². The molecule has 0 unspecified atom stereocenters. The molecule has 60 valence electrons. The van der Waals surface area contributed by atoms with Gasteiger partial charge >= 0.3 is 5.97 Å². The number of hydrogen-bond acceptors (Lipinski definition) is 3. The summed E-state index contributed by atoms with van der Waals surface area (Å²) in [6, 6.07) is 0. The lowest BCUT2D eigenvalue weighted by Gasteiger charge is -2.00. The first-order valence-electron chi connectivity index (χ1n) is 3.96. The van der Waals surface area contributed by atoms with E-state index in [9.17, 15) is 4.79 Å². The van der Waals surface area contributed by atoms with Crippen LogP contribution in [0.1, 0.15) is 18.8 Å². The van der Waals surface area contributed by atoms with Gasteiger partial charge in [0, 0.05) is 8.39 Å². The molecule has 0 spiro atoms. The minimum Gasteiger partial charge on any atom is -0.461 e. The molecule has 0 atom stereocenters. The van der Waals surface area contributed by atoms with Crippen LogP contribution in [-0.4, -0.2) is 22.1 Å². The maximum absolute atomic E-state index is 11.1. The van der Waals surface area contributed by atoms with Gasteiger partial charge in [-0.3, -0.25) is 0 Å². The van der Waals surface area contributed by atoms with E-state index in [0.717, 1.165) is 0 Å². The summed E-state index contributed by atoms with van der Waals surface area (Å²) in [5, 5.41) is 0. The Morgan fingerprint density at radius 2 is 2.82 bits per heavy atom. The monoisotopic (exact) mass is 155 g/mol. The average molecular weight is 155 g/mol. The summed E-state index contributed by atoms with van der Waals surface area (Å²) in [6.07, 6.45) is 2.83. The number of esters is 1. The smallest absolute Gasteiger partial charge is 0.356 e. The summed E-state index contributed by atoms with van der Waals surface area (Å²) in [6.45, 7) is 2.07. The molecule has 1 aromatic heterocycles. The Kier molecular flexibility index (Phi) is 1.85. The molecule has 0 aliphatic rings. The van der Waals surface area contributed by atoms with Crippen molar-refractivity contribution in [3.05, 3.63) is 18.2 Å². The zero-order valence-electron chi connectivity index (χ0n) is 7.28. The molecule has 0 radical (unpaired) electrons. The van der Waals surface area contributed by atoms with Gasteiger partial charge in [0.15, 0.2) is 0 Å². The van der Waals surface area contributed by atoms with Crippen LogP contribution < -0.4 is 0 Å². The van der Waals surface area contributed by atoms with Crippen molar-refractivity contribution in [2.24, 2.45) is 7.02 Å². The summed E-state index contributed by atoms with van der Waals surface area (Å²) in [4.78, 5) is 14.9. The normalized spacial score (nSPS) is 10.8. The second-order valence-corrected chi connectivity index (χ2v) is 1.97. The summed E-state index contributed by atoms with van der Waals surface area (Å²) in [7, 11) is -0.0197. The van der Waals surface area contributed by atoms with Gasteiger partial charge in [-0.15, -0.1) is 0 Å². The topological polar surface area (TPSA) is 44.1 Å². The molecule has 0 saturated heterocycles. The van der Waals surface area contributed by atoms with Crippen molar-refractivity contribution in [2.75, 3.05) is 6.61 Å². The fourth-order valence-electron chi connectivity index (χ4n) is 0.696. The number of ether oxygens (including phenoxy) is 1. The first-order chi connectivity index (χ1) is 5.79. The van der Waals surface area contributed by atoms with Gasteiger partial charge in [-0.05, 0) is 6.92 Å². The molecular weight excluding hydrogens is 144 g/mol. The lowest BCUT2D eigenvalue weighted by molar-refractivity contribution is 0.0515. The van der Waals surface area contributed by atoms with E-state index >= 15 is 0 Å². The summed E-state index contributed by atoms with van der Waals surface area (Å²) < 4.78 is 13.2. The second-order valence-electron chi connectivity index (χ2n) is 1.97. The lowest BCUT2D eigenvalue weighted by atomic mass is 10.5. The Morgan fingerprint density at radius 3 is 3.45 bits per heavy atom. The third-order valence-electron chi connectivity index (χ3n) is 1.20. The third kappa shape index (κ3) is 1.58. The highest BCUT2D eigenvalue weighted by Crippen LogP contribution is 1.98. The van der Waals surface area contributed by atoms with Gasteiger partial charge in [-0.1, -0.05) is 0 Å². The van der Waals surface area contributed by atoms with Crippen molar-refractivity contribution in [1.82, 2.24) is 9.55 Å². The highest BCUT2D eigenvalue weighted by atomic mass is 16.5. The van der Waals surface area contributed by atoms with E-state index in [4.69, 9.17) is 6.11 Å². The van der Waals surface area contributed by atoms with Crippen LogP contribution in [0.2, 0.25) is 0 Å². The van der Waals surface area contributed by atoms with Crippen LogP contribution in [0.3, 0.4) is 0 Å². The van der Waals surface area contributed by atoms with E-state index in [0.29, 0.717) is 12.3 Å². The third-order valence-corrected chi connectivity index (χ3v) is 1.20. The predicted molar refractivity (Wildman–Crippen MR) is 39.2 cm³/mol. The van der Waals surface area contributed by atoms with E-state index < -0.39 is 5.97 Å². The fourth-order valence-corrected chi connectivity index (χ4v) is 0.696. The Labute approximate surface area is 66.2 Å². The largest absolute Gasteiger partial charge is 0.461 e.